The number of hydrogen-bond donors (Lipinski definition) is 5. The van der Waals surface area contributed by atoms with Crippen molar-refractivity contribution in [1.82, 2.24) is 0 Å². The Morgan fingerprint density at radius 1 is 1.04 bits per heavy atom. The van der Waals surface area contributed by atoms with Crippen molar-refractivity contribution < 1.29 is 25.5 Å². The first-order valence-electron chi connectivity index (χ1n) is 10.5. The average molecular weight is 369 g/mol. The first-order chi connectivity index (χ1) is 12.2. The van der Waals surface area contributed by atoms with E-state index >= 15 is 0 Å². The molecule has 0 amide bonds. The van der Waals surface area contributed by atoms with Crippen molar-refractivity contribution in [3.63, 3.8) is 0 Å². The number of aliphatic hydroxyl groups is 5. The predicted molar refractivity (Wildman–Crippen MR) is 97.2 cm³/mol. The van der Waals surface area contributed by atoms with Crippen LogP contribution in [-0.2, 0) is 0 Å². The molecule has 0 heterocycles. The minimum absolute atomic E-state index is 0.0548. The van der Waals surface area contributed by atoms with E-state index in [9.17, 15) is 25.5 Å². The van der Waals surface area contributed by atoms with Crippen LogP contribution in [-0.4, -0.2) is 56.1 Å². The van der Waals surface area contributed by atoms with Gasteiger partial charge in [0, 0.05) is 5.41 Å². The molecule has 0 aromatic heterocycles. The largest absolute Gasteiger partial charge is 0.394 e. The summed E-state index contributed by atoms with van der Waals surface area (Å²) in [6, 6.07) is 0. The maximum atomic E-state index is 11.3. The van der Waals surface area contributed by atoms with E-state index in [1.54, 1.807) is 0 Å². The summed E-state index contributed by atoms with van der Waals surface area (Å²) in [5, 5.41) is 52.5. The molecule has 0 radical (unpaired) electrons. The monoisotopic (exact) mass is 368 g/mol. The summed E-state index contributed by atoms with van der Waals surface area (Å²) < 4.78 is 0. The molecule has 10 atom stereocenters. The molecular formula is C21H36O5. The van der Waals surface area contributed by atoms with E-state index in [4.69, 9.17) is 0 Å². The van der Waals surface area contributed by atoms with Crippen molar-refractivity contribution in [3.05, 3.63) is 0 Å². The Balaban J connectivity index is 1.68. The lowest BCUT2D eigenvalue weighted by molar-refractivity contribution is -0.224. The molecule has 150 valence electrons. The number of fused-ring (bicyclic) bond motifs is 5. The van der Waals surface area contributed by atoms with Gasteiger partial charge in [0.15, 0.2) is 0 Å². The molecule has 0 spiro atoms. The van der Waals surface area contributed by atoms with Gasteiger partial charge in [0.05, 0.1) is 24.4 Å². The Labute approximate surface area is 156 Å². The van der Waals surface area contributed by atoms with Crippen LogP contribution in [0.2, 0.25) is 0 Å². The molecule has 4 unspecified atom stereocenters. The van der Waals surface area contributed by atoms with Crippen molar-refractivity contribution in [3.8, 4) is 0 Å². The third kappa shape index (κ3) is 2.33. The van der Waals surface area contributed by atoms with E-state index < -0.39 is 29.8 Å². The zero-order valence-electron chi connectivity index (χ0n) is 16.1. The van der Waals surface area contributed by atoms with Gasteiger partial charge in [-0.15, -0.1) is 0 Å². The number of aliphatic hydroxyl groups excluding tert-OH is 4. The molecular weight excluding hydrogens is 332 g/mol. The lowest BCUT2D eigenvalue weighted by Gasteiger charge is -2.63. The molecule has 0 aromatic carbocycles. The van der Waals surface area contributed by atoms with Crippen molar-refractivity contribution in [2.75, 3.05) is 6.61 Å². The van der Waals surface area contributed by atoms with Crippen LogP contribution in [0.3, 0.4) is 0 Å². The van der Waals surface area contributed by atoms with Gasteiger partial charge in [-0.1, -0.05) is 13.8 Å². The van der Waals surface area contributed by atoms with Crippen molar-refractivity contribution >= 4 is 0 Å². The molecule has 5 nitrogen and oxygen atoms in total. The average Bonchev–Trinajstić information content (AvgIpc) is 2.86. The van der Waals surface area contributed by atoms with Gasteiger partial charge in [-0.05, 0) is 80.5 Å². The minimum atomic E-state index is -1.32. The highest BCUT2D eigenvalue weighted by Gasteiger charge is 2.68. The molecule has 5 heteroatoms. The van der Waals surface area contributed by atoms with E-state index in [1.807, 2.05) is 6.92 Å². The molecule has 4 aliphatic carbocycles. The standard InChI is InChI=1S/C21H36O5/c1-19-7-5-13(23)9-12(19)3-4-14-15-6-8-21(26,17(25)11-22)20(15,2)10-16(24)18(14)19/h12-18,22-26H,3-11H2,1-2H3/t12-,13-,14?,15?,16+,17?,18?,19+,20+,21+/m1/s1. The summed E-state index contributed by atoms with van der Waals surface area (Å²) in [6.07, 6.45) is 4.70. The summed E-state index contributed by atoms with van der Waals surface area (Å²) in [5.74, 6) is 1.29. The summed E-state index contributed by atoms with van der Waals surface area (Å²) in [6.45, 7) is 3.89. The quantitative estimate of drug-likeness (QED) is 0.508. The third-order valence-corrected chi connectivity index (χ3v) is 9.51. The molecule has 26 heavy (non-hydrogen) atoms. The summed E-state index contributed by atoms with van der Waals surface area (Å²) in [7, 11) is 0. The summed E-state index contributed by atoms with van der Waals surface area (Å²) in [4.78, 5) is 0. The Bertz CT molecular complexity index is 555. The fourth-order valence-corrected chi connectivity index (χ4v) is 8.10. The second-order valence-electron chi connectivity index (χ2n) is 10.4. The molecule has 0 saturated heterocycles. The van der Waals surface area contributed by atoms with Crippen molar-refractivity contribution in [1.29, 1.82) is 0 Å². The van der Waals surface area contributed by atoms with Gasteiger partial charge in [0.2, 0.25) is 0 Å². The Morgan fingerprint density at radius 2 is 1.77 bits per heavy atom. The molecule has 0 aliphatic heterocycles. The zero-order valence-corrected chi connectivity index (χ0v) is 16.1. The molecule has 4 saturated carbocycles. The van der Waals surface area contributed by atoms with Crippen LogP contribution in [0.25, 0.3) is 0 Å². The second kappa shape index (κ2) is 6.15. The van der Waals surface area contributed by atoms with Crippen LogP contribution < -0.4 is 0 Å². The lowest BCUT2D eigenvalue weighted by atomic mass is 9.43. The van der Waals surface area contributed by atoms with Gasteiger partial charge in [-0.3, -0.25) is 0 Å². The lowest BCUT2D eigenvalue weighted by Crippen LogP contribution is -2.64. The van der Waals surface area contributed by atoms with Gasteiger partial charge in [-0.2, -0.15) is 0 Å². The highest BCUT2D eigenvalue weighted by molar-refractivity contribution is 5.17. The van der Waals surface area contributed by atoms with Crippen LogP contribution in [0.15, 0.2) is 0 Å². The van der Waals surface area contributed by atoms with Gasteiger partial charge < -0.3 is 25.5 Å². The SMILES string of the molecule is C[C@]12C[C@H](O)C3C(CC[C@@H]4C[C@H](O)CC[C@]34C)C1CC[C@]2(O)C(O)CO. The first-order valence-corrected chi connectivity index (χ1v) is 10.5. The van der Waals surface area contributed by atoms with Gasteiger partial charge in [0.25, 0.3) is 0 Å². The molecule has 0 aromatic rings. The fraction of sp³-hybridized carbons (Fsp3) is 1.00. The van der Waals surface area contributed by atoms with E-state index in [2.05, 4.69) is 6.92 Å². The molecule has 4 aliphatic rings. The second-order valence-corrected chi connectivity index (χ2v) is 10.4. The predicted octanol–water partition coefficient (Wildman–Crippen LogP) is 1.45. The Morgan fingerprint density at radius 3 is 2.46 bits per heavy atom. The summed E-state index contributed by atoms with van der Waals surface area (Å²) in [5.41, 5.74) is -1.83. The van der Waals surface area contributed by atoms with Crippen molar-refractivity contribution in [2.24, 2.45) is 34.5 Å². The van der Waals surface area contributed by atoms with Gasteiger partial charge in [0.1, 0.15) is 6.10 Å². The highest BCUT2D eigenvalue weighted by atomic mass is 16.4. The van der Waals surface area contributed by atoms with Gasteiger partial charge in [-0.25, -0.2) is 0 Å². The van der Waals surface area contributed by atoms with E-state index in [1.165, 1.54) is 0 Å². The maximum Gasteiger partial charge on any atom is 0.106 e. The van der Waals surface area contributed by atoms with E-state index in [-0.39, 0.29) is 23.4 Å². The molecule has 4 fully saturated rings. The minimum Gasteiger partial charge on any atom is -0.394 e. The summed E-state index contributed by atoms with van der Waals surface area (Å²) >= 11 is 0. The smallest absolute Gasteiger partial charge is 0.106 e. The number of rotatable bonds is 2. The topological polar surface area (TPSA) is 101 Å². The van der Waals surface area contributed by atoms with Gasteiger partial charge >= 0.3 is 0 Å². The maximum absolute atomic E-state index is 11.3. The van der Waals surface area contributed by atoms with Crippen LogP contribution in [0, 0.1) is 34.5 Å². The van der Waals surface area contributed by atoms with Crippen LogP contribution in [0.5, 0.6) is 0 Å². The molecule has 0 bridgehead atoms. The number of hydrogen-bond acceptors (Lipinski definition) is 5. The zero-order chi connectivity index (χ0) is 18.9. The molecule has 5 N–H and O–H groups in total. The first kappa shape index (κ1) is 19.1. The van der Waals surface area contributed by atoms with Crippen LogP contribution in [0.4, 0.5) is 0 Å². The van der Waals surface area contributed by atoms with Crippen LogP contribution >= 0.6 is 0 Å². The Hall–Kier alpha value is -0.200. The normalized spacial score (nSPS) is 57.8. The van der Waals surface area contributed by atoms with Crippen LogP contribution in [0.1, 0.15) is 65.2 Å². The fourth-order valence-electron chi connectivity index (χ4n) is 8.10. The van der Waals surface area contributed by atoms with E-state index in [0.29, 0.717) is 24.7 Å². The van der Waals surface area contributed by atoms with Crippen molar-refractivity contribution in [2.45, 2.75) is 89.1 Å². The highest BCUT2D eigenvalue weighted by Crippen LogP contribution is 2.68. The van der Waals surface area contributed by atoms with E-state index in [0.717, 1.165) is 38.5 Å². The Kier molecular flexibility index (Phi) is 4.52. The third-order valence-electron chi connectivity index (χ3n) is 9.51. The molecule has 4 rings (SSSR count).